The number of nitrogens with zero attached hydrogens (tertiary/aromatic N) is 1. The van der Waals surface area contributed by atoms with Crippen LogP contribution in [0.4, 0.5) is 0 Å². The van der Waals surface area contributed by atoms with Crippen molar-refractivity contribution in [1.82, 2.24) is 4.98 Å². The molecular formula is C10H15Cl4N3. The molecule has 3 nitrogen and oxygen atoms in total. The van der Waals surface area contributed by atoms with Gasteiger partial charge in [0.1, 0.15) is 5.15 Å². The van der Waals surface area contributed by atoms with E-state index in [-0.39, 0.29) is 23.6 Å². The van der Waals surface area contributed by atoms with Crippen LogP contribution in [0.15, 0.2) is 6.20 Å². The summed E-state index contributed by atoms with van der Waals surface area (Å²) in [5, 5.41) is 1.03. The molecule has 0 saturated heterocycles. The summed E-state index contributed by atoms with van der Waals surface area (Å²) in [7, 11) is 0. The third-order valence-electron chi connectivity index (χ3n) is 2.31. The first kappa shape index (κ1) is 17.2. The van der Waals surface area contributed by atoms with E-state index in [2.05, 4.69) is 4.98 Å². The van der Waals surface area contributed by atoms with Crippen LogP contribution in [-0.2, 0) is 0 Å². The van der Waals surface area contributed by atoms with E-state index >= 15 is 0 Å². The minimum Gasteiger partial charge on any atom is -0.330 e. The van der Waals surface area contributed by atoms with E-state index in [9.17, 15) is 0 Å². The number of unbranched alkanes of at least 4 members (excludes halogenated alkanes) is 1. The van der Waals surface area contributed by atoms with Crippen molar-refractivity contribution in [2.24, 2.45) is 11.5 Å². The zero-order valence-electron chi connectivity index (χ0n) is 9.13. The van der Waals surface area contributed by atoms with Crippen LogP contribution in [0, 0.1) is 0 Å². The van der Waals surface area contributed by atoms with Gasteiger partial charge >= 0.3 is 0 Å². The van der Waals surface area contributed by atoms with Gasteiger partial charge in [0.05, 0.1) is 10.0 Å². The summed E-state index contributed by atoms with van der Waals surface area (Å²) in [6, 6.07) is -0.230. The van der Waals surface area contributed by atoms with Crippen LogP contribution in [0.5, 0.6) is 0 Å². The summed E-state index contributed by atoms with van der Waals surface area (Å²) in [5.74, 6) is 0. The highest BCUT2D eigenvalue weighted by atomic mass is 35.5. The standard InChI is InChI=1S/C10H14Cl3N3.ClH/c11-6-5-16-10(13)9(12)8(6)7(15)3-1-2-4-14;/h5,7H,1-4,14-15H2;1H/t7-;/m1./s1. The van der Waals surface area contributed by atoms with Gasteiger partial charge in [-0.05, 0) is 19.4 Å². The fourth-order valence-corrected chi connectivity index (χ4v) is 2.22. The summed E-state index contributed by atoms with van der Waals surface area (Å²) in [6.45, 7) is 0.658. The molecule has 1 aromatic rings. The average Bonchev–Trinajstić information content (AvgIpc) is 2.24. The van der Waals surface area contributed by atoms with Crippen molar-refractivity contribution in [3.05, 3.63) is 27.0 Å². The number of hydrogen-bond acceptors (Lipinski definition) is 3. The second-order valence-electron chi connectivity index (χ2n) is 3.52. The zero-order valence-corrected chi connectivity index (χ0v) is 12.2. The first-order valence-electron chi connectivity index (χ1n) is 5.03. The highest BCUT2D eigenvalue weighted by Crippen LogP contribution is 2.34. The fraction of sp³-hybridized carbons (Fsp3) is 0.500. The Balaban J connectivity index is 0.00000256. The van der Waals surface area contributed by atoms with Gasteiger partial charge in [0.15, 0.2) is 0 Å². The predicted molar refractivity (Wildman–Crippen MR) is 76.3 cm³/mol. The van der Waals surface area contributed by atoms with E-state index in [0.717, 1.165) is 19.3 Å². The zero-order chi connectivity index (χ0) is 12.1. The van der Waals surface area contributed by atoms with Crippen LogP contribution < -0.4 is 11.5 Å². The Morgan fingerprint density at radius 3 is 2.47 bits per heavy atom. The number of rotatable bonds is 5. The Kier molecular flexibility index (Phi) is 8.47. The quantitative estimate of drug-likeness (QED) is 0.644. The molecule has 98 valence electrons. The van der Waals surface area contributed by atoms with Gasteiger partial charge < -0.3 is 11.5 Å². The summed E-state index contributed by atoms with van der Waals surface area (Å²) < 4.78 is 0. The Bertz CT molecular complexity index is 360. The lowest BCUT2D eigenvalue weighted by atomic mass is 10.0. The third kappa shape index (κ3) is 4.78. The highest BCUT2D eigenvalue weighted by molar-refractivity contribution is 6.43. The Labute approximate surface area is 122 Å². The fourth-order valence-electron chi connectivity index (χ4n) is 1.45. The maximum Gasteiger partial charge on any atom is 0.148 e. The van der Waals surface area contributed by atoms with Crippen LogP contribution in [0.2, 0.25) is 15.2 Å². The lowest BCUT2D eigenvalue weighted by molar-refractivity contribution is 0.591. The van der Waals surface area contributed by atoms with Crippen LogP contribution in [-0.4, -0.2) is 11.5 Å². The first-order chi connectivity index (χ1) is 7.57. The van der Waals surface area contributed by atoms with Crippen molar-refractivity contribution in [1.29, 1.82) is 0 Å². The van der Waals surface area contributed by atoms with Crippen LogP contribution in [0.25, 0.3) is 0 Å². The molecule has 17 heavy (non-hydrogen) atoms. The van der Waals surface area contributed by atoms with E-state index in [1.807, 2.05) is 0 Å². The molecule has 0 fully saturated rings. The van der Waals surface area contributed by atoms with Gasteiger partial charge in [0, 0.05) is 17.8 Å². The predicted octanol–water partition coefficient (Wildman–Crippen LogP) is 3.59. The molecule has 0 aromatic carbocycles. The van der Waals surface area contributed by atoms with Crippen LogP contribution >= 0.6 is 47.2 Å². The Morgan fingerprint density at radius 1 is 1.24 bits per heavy atom. The van der Waals surface area contributed by atoms with E-state index in [1.165, 1.54) is 6.20 Å². The third-order valence-corrected chi connectivity index (χ3v) is 3.37. The number of halogens is 4. The van der Waals surface area contributed by atoms with Gasteiger partial charge in [0.2, 0.25) is 0 Å². The minimum absolute atomic E-state index is 0. The largest absolute Gasteiger partial charge is 0.330 e. The van der Waals surface area contributed by atoms with Gasteiger partial charge in [-0.3, -0.25) is 0 Å². The van der Waals surface area contributed by atoms with Gasteiger partial charge in [-0.15, -0.1) is 12.4 Å². The van der Waals surface area contributed by atoms with Crippen molar-refractivity contribution in [3.8, 4) is 0 Å². The van der Waals surface area contributed by atoms with Crippen molar-refractivity contribution in [2.45, 2.75) is 25.3 Å². The number of nitrogens with two attached hydrogens (primary N) is 2. The molecule has 1 rings (SSSR count). The molecule has 0 spiro atoms. The summed E-state index contributed by atoms with van der Waals surface area (Å²) in [4.78, 5) is 3.84. The average molecular weight is 319 g/mol. The van der Waals surface area contributed by atoms with Crippen molar-refractivity contribution < 1.29 is 0 Å². The van der Waals surface area contributed by atoms with E-state index in [1.54, 1.807) is 0 Å². The number of hydrogen-bond donors (Lipinski definition) is 2. The van der Waals surface area contributed by atoms with Gasteiger partial charge in [-0.2, -0.15) is 0 Å². The SMILES string of the molecule is Cl.NCCCC[C@@H](N)c1c(Cl)cnc(Cl)c1Cl. The highest BCUT2D eigenvalue weighted by Gasteiger charge is 2.17. The molecule has 0 aliphatic carbocycles. The first-order valence-corrected chi connectivity index (χ1v) is 6.16. The molecule has 0 bridgehead atoms. The second kappa shape index (κ2) is 8.35. The lowest BCUT2D eigenvalue weighted by Crippen LogP contribution is -2.12. The Hall–Kier alpha value is 0.230. The topological polar surface area (TPSA) is 64.9 Å². The van der Waals surface area contributed by atoms with Crippen molar-refractivity contribution in [2.75, 3.05) is 6.54 Å². The molecule has 0 aliphatic rings. The molecule has 0 saturated carbocycles. The Morgan fingerprint density at radius 2 is 1.88 bits per heavy atom. The molecule has 1 atom stereocenters. The summed E-state index contributed by atoms with van der Waals surface area (Å²) >= 11 is 17.8. The maximum absolute atomic E-state index is 6.02. The molecular weight excluding hydrogens is 304 g/mol. The smallest absolute Gasteiger partial charge is 0.148 e. The van der Waals surface area contributed by atoms with Crippen LogP contribution in [0.1, 0.15) is 30.9 Å². The van der Waals surface area contributed by atoms with Crippen LogP contribution in [0.3, 0.4) is 0 Å². The summed E-state index contributed by atoms with van der Waals surface area (Å²) in [5.41, 5.74) is 12.1. The normalized spacial score (nSPS) is 12.1. The lowest BCUT2D eigenvalue weighted by Gasteiger charge is -2.15. The second-order valence-corrected chi connectivity index (χ2v) is 4.66. The molecule has 0 unspecified atom stereocenters. The molecule has 1 heterocycles. The van der Waals surface area contributed by atoms with E-state index < -0.39 is 0 Å². The molecule has 0 aliphatic heterocycles. The minimum atomic E-state index is -0.230. The van der Waals surface area contributed by atoms with Gasteiger partial charge in [0.25, 0.3) is 0 Å². The molecule has 4 N–H and O–H groups in total. The molecule has 0 amide bonds. The van der Waals surface area contributed by atoms with Crippen molar-refractivity contribution >= 4 is 47.2 Å². The monoisotopic (exact) mass is 317 g/mol. The van der Waals surface area contributed by atoms with Gasteiger partial charge in [-0.1, -0.05) is 41.2 Å². The van der Waals surface area contributed by atoms with Crippen molar-refractivity contribution in [3.63, 3.8) is 0 Å². The molecule has 1 aromatic heterocycles. The van der Waals surface area contributed by atoms with Gasteiger partial charge in [-0.25, -0.2) is 4.98 Å². The van der Waals surface area contributed by atoms with E-state index in [4.69, 9.17) is 46.3 Å². The van der Waals surface area contributed by atoms with E-state index in [0.29, 0.717) is 22.2 Å². The summed E-state index contributed by atoms with van der Waals surface area (Å²) in [6.07, 6.45) is 4.11. The molecule has 0 radical (unpaired) electrons. The number of pyridine rings is 1. The number of aromatic nitrogens is 1. The molecule has 7 heteroatoms. The maximum atomic E-state index is 6.02.